The molecule has 0 heterocycles. The second-order valence-electron chi connectivity index (χ2n) is 7.91. The quantitative estimate of drug-likeness (QED) is 0.791. The molecule has 0 aromatic heterocycles. The molecule has 2 aliphatic rings. The summed E-state index contributed by atoms with van der Waals surface area (Å²) in [5.74, 6) is 0.719. The Morgan fingerprint density at radius 2 is 1.89 bits per heavy atom. The Morgan fingerprint density at radius 3 is 2.44 bits per heavy atom. The second kappa shape index (κ2) is 4.79. The van der Waals surface area contributed by atoms with Gasteiger partial charge >= 0.3 is 0 Å². The lowest BCUT2D eigenvalue weighted by molar-refractivity contribution is -0.151. The maximum absolute atomic E-state index is 11.3. The Kier molecular flexibility index (Phi) is 3.81. The van der Waals surface area contributed by atoms with Gasteiger partial charge in [-0.05, 0) is 43.4 Å². The minimum Gasteiger partial charge on any atom is -0.389 e. The van der Waals surface area contributed by atoms with Crippen LogP contribution in [0.5, 0.6) is 0 Å². The van der Waals surface area contributed by atoms with Crippen LogP contribution in [0.2, 0.25) is 0 Å². The molecule has 0 aromatic rings. The van der Waals surface area contributed by atoms with Crippen LogP contribution in [-0.2, 0) is 0 Å². The SMILES string of the molecule is CC1CCCC(CN)(C2(O)CCCC(C)(C)C2)C1. The molecule has 0 aromatic carbocycles. The standard InChI is InChI=1S/C16H31NO/c1-13-6-4-8-15(10-13,12-17)16(18)9-5-7-14(2,3)11-16/h13,18H,4-12,17H2,1-3H3. The van der Waals surface area contributed by atoms with Crippen LogP contribution in [0.15, 0.2) is 0 Å². The molecule has 2 rings (SSSR count). The Labute approximate surface area is 112 Å². The third kappa shape index (κ3) is 2.46. The molecule has 2 nitrogen and oxygen atoms in total. The molecule has 2 saturated carbocycles. The van der Waals surface area contributed by atoms with E-state index < -0.39 is 5.60 Å². The van der Waals surface area contributed by atoms with Gasteiger partial charge < -0.3 is 10.8 Å². The molecule has 0 radical (unpaired) electrons. The van der Waals surface area contributed by atoms with Crippen molar-refractivity contribution in [3.8, 4) is 0 Å². The molecule has 0 aliphatic heterocycles. The minimum absolute atomic E-state index is 0.0116. The highest BCUT2D eigenvalue weighted by atomic mass is 16.3. The highest BCUT2D eigenvalue weighted by molar-refractivity contribution is 5.05. The molecule has 3 atom stereocenters. The Bertz CT molecular complexity index is 301. The van der Waals surface area contributed by atoms with Gasteiger partial charge in [0.1, 0.15) is 0 Å². The van der Waals surface area contributed by atoms with Gasteiger partial charge in [0.05, 0.1) is 5.60 Å². The summed E-state index contributed by atoms with van der Waals surface area (Å²) in [7, 11) is 0. The van der Waals surface area contributed by atoms with E-state index in [9.17, 15) is 5.11 Å². The van der Waals surface area contributed by atoms with E-state index in [1.807, 2.05) is 0 Å². The zero-order valence-corrected chi connectivity index (χ0v) is 12.5. The first-order valence-corrected chi connectivity index (χ1v) is 7.75. The smallest absolute Gasteiger partial charge is 0.0721 e. The Hall–Kier alpha value is -0.0800. The number of hydrogen-bond acceptors (Lipinski definition) is 2. The molecule has 3 unspecified atom stereocenters. The van der Waals surface area contributed by atoms with E-state index in [4.69, 9.17) is 5.73 Å². The van der Waals surface area contributed by atoms with Gasteiger partial charge in [0.15, 0.2) is 0 Å². The van der Waals surface area contributed by atoms with Crippen molar-refractivity contribution in [1.82, 2.24) is 0 Å². The van der Waals surface area contributed by atoms with E-state index in [0.717, 1.165) is 38.0 Å². The van der Waals surface area contributed by atoms with Gasteiger partial charge in [-0.3, -0.25) is 0 Å². The largest absolute Gasteiger partial charge is 0.389 e. The summed E-state index contributed by atoms with van der Waals surface area (Å²) in [6.45, 7) is 7.58. The topological polar surface area (TPSA) is 46.2 Å². The number of rotatable bonds is 2. The number of nitrogens with two attached hydrogens (primary N) is 1. The van der Waals surface area contributed by atoms with Crippen molar-refractivity contribution in [2.24, 2.45) is 22.5 Å². The van der Waals surface area contributed by atoms with Gasteiger partial charge in [-0.1, -0.05) is 40.0 Å². The van der Waals surface area contributed by atoms with Crippen molar-refractivity contribution in [1.29, 1.82) is 0 Å². The predicted molar refractivity (Wildman–Crippen MR) is 76.3 cm³/mol. The molecular weight excluding hydrogens is 222 g/mol. The molecule has 0 bridgehead atoms. The fraction of sp³-hybridized carbons (Fsp3) is 1.00. The maximum Gasteiger partial charge on any atom is 0.0721 e. The van der Waals surface area contributed by atoms with Crippen LogP contribution in [0.1, 0.15) is 72.1 Å². The third-order valence-corrected chi connectivity index (χ3v) is 5.68. The summed E-state index contributed by atoms with van der Waals surface area (Å²) in [6.07, 6.45) is 9.08. The summed E-state index contributed by atoms with van der Waals surface area (Å²) >= 11 is 0. The van der Waals surface area contributed by atoms with E-state index >= 15 is 0 Å². The van der Waals surface area contributed by atoms with Crippen molar-refractivity contribution in [3.63, 3.8) is 0 Å². The lowest BCUT2D eigenvalue weighted by Gasteiger charge is -2.55. The molecule has 2 aliphatic carbocycles. The Balaban J connectivity index is 2.24. The van der Waals surface area contributed by atoms with Gasteiger partial charge in [0.2, 0.25) is 0 Å². The molecule has 18 heavy (non-hydrogen) atoms. The van der Waals surface area contributed by atoms with Crippen LogP contribution in [0.25, 0.3) is 0 Å². The molecule has 3 N–H and O–H groups in total. The number of aliphatic hydroxyl groups is 1. The summed E-state index contributed by atoms with van der Waals surface area (Å²) in [5, 5.41) is 11.3. The second-order valence-corrected chi connectivity index (χ2v) is 7.91. The van der Waals surface area contributed by atoms with Crippen LogP contribution in [0.3, 0.4) is 0 Å². The minimum atomic E-state index is -0.516. The average Bonchev–Trinajstić information content (AvgIpc) is 2.27. The molecule has 2 heteroatoms. The zero-order chi connectivity index (χ0) is 13.4. The van der Waals surface area contributed by atoms with Crippen molar-refractivity contribution >= 4 is 0 Å². The van der Waals surface area contributed by atoms with E-state index in [0.29, 0.717) is 6.54 Å². The van der Waals surface area contributed by atoms with Gasteiger partial charge in [-0.2, -0.15) is 0 Å². The van der Waals surface area contributed by atoms with Gasteiger partial charge in [-0.25, -0.2) is 0 Å². The summed E-state index contributed by atoms with van der Waals surface area (Å²) in [5.41, 5.74) is 5.89. The zero-order valence-electron chi connectivity index (χ0n) is 12.5. The van der Waals surface area contributed by atoms with E-state index in [2.05, 4.69) is 20.8 Å². The van der Waals surface area contributed by atoms with Gasteiger partial charge in [-0.15, -0.1) is 0 Å². The highest BCUT2D eigenvalue weighted by Crippen LogP contribution is 2.55. The van der Waals surface area contributed by atoms with E-state index in [-0.39, 0.29) is 10.8 Å². The lowest BCUT2D eigenvalue weighted by atomic mass is 9.53. The molecule has 106 valence electrons. The Morgan fingerprint density at radius 1 is 1.17 bits per heavy atom. The molecule has 2 fully saturated rings. The predicted octanol–water partition coefficient (Wildman–Crippen LogP) is 3.47. The monoisotopic (exact) mass is 253 g/mol. The van der Waals surface area contributed by atoms with Crippen LogP contribution in [0, 0.1) is 16.7 Å². The normalized spacial score (nSPS) is 44.8. The first-order chi connectivity index (χ1) is 8.33. The van der Waals surface area contributed by atoms with E-state index in [1.54, 1.807) is 0 Å². The summed E-state index contributed by atoms with van der Waals surface area (Å²) in [4.78, 5) is 0. The van der Waals surface area contributed by atoms with Gasteiger partial charge in [0.25, 0.3) is 0 Å². The molecule has 0 spiro atoms. The highest BCUT2D eigenvalue weighted by Gasteiger charge is 2.53. The molecular formula is C16H31NO. The number of hydrogen-bond donors (Lipinski definition) is 2. The lowest BCUT2D eigenvalue weighted by Crippen LogP contribution is -2.57. The fourth-order valence-corrected chi connectivity index (χ4v) is 4.74. The van der Waals surface area contributed by atoms with Crippen molar-refractivity contribution in [2.45, 2.75) is 77.7 Å². The summed E-state index contributed by atoms with van der Waals surface area (Å²) in [6, 6.07) is 0. The molecule has 0 saturated heterocycles. The van der Waals surface area contributed by atoms with Gasteiger partial charge in [0, 0.05) is 12.0 Å². The van der Waals surface area contributed by atoms with Crippen LogP contribution < -0.4 is 5.73 Å². The van der Waals surface area contributed by atoms with E-state index in [1.165, 1.54) is 19.3 Å². The fourth-order valence-electron chi connectivity index (χ4n) is 4.74. The van der Waals surface area contributed by atoms with Crippen LogP contribution in [0.4, 0.5) is 0 Å². The maximum atomic E-state index is 11.3. The average molecular weight is 253 g/mol. The van der Waals surface area contributed by atoms with Crippen LogP contribution in [-0.4, -0.2) is 17.3 Å². The van der Waals surface area contributed by atoms with Crippen molar-refractivity contribution < 1.29 is 5.11 Å². The van der Waals surface area contributed by atoms with Crippen molar-refractivity contribution in [3.05, 3.63) is 0 Å². The first kappa shape index (κ1) is 14.3. The van der Waals surface area contributed by atoms with Crippen molar-refractivity contribution in [2.75, 3.05) is 6.54 Å². The summed E-state index contributed by atoms with van der Waals surface area (Å²) < 4.78 is 0. The third-order valence-electron chi connectivity index (χ3n) is 5.68. The first-order valence-electron chi connectivity index (χ1n) is 7.75. The molecule has 0 amide bonds. The van der Waals surface area contributed by atoms with Crippen LogP contribution >= 0.6 is 0 Å².